The van der Waals surface area contributed by atoms with Gasteiger partial charge in [0.05, 0.1) is 34.5 Å². The first-order valence-electron chi connectivity index (χ1n) is 13.4. The Kier molecular flexibility index (Phi) is 6.67. The van der Waals surface area contributed by atoms with Gasteiger partial charge in [0.25, 0.3) is 0 Å². The first-order chi connectivity index (χ1) is 20.6. The van der Waals surface area contributed by atoms with E-state index in [0.717, 1.165) is 9.80 Å². The summed E-state index contributed by atoms with van der Waals surface area (Å²) in [5, 5.41) is 1.71. The van der Waals surface area contributed by atoms with Gasteiger partial charge >= 0.3 is 0 Å². The zero-order chi connectivity index (χ0) is 30.2. The van der Waals surface area contributed by atoms with Crippen LogP contribution in [0.5, 0.6) is 0 Å². The second-order valence-electron chi connectivity index (χ2n) is 10.9. The van der Waals surface area contributed by atoms with E-state index >= 15 is 0 Å². The van der Waals surface area contributed by atoms with Crippen molar-refractivity contribution < 1.29 is 19.2 Å². The van der Waals surface area contributed by atoms with Gasteiger partial charge in [-0.1, -0.05) is 64.6 Å². The van der Waals surface area contributed by atoms with Crippen LogP contribution in [-0.2, 0) is 25.6 Å². The highest BCUT2D eigenvalue weighted by Crippen LogP contribution is 2.63. The topological polar surface area (TPSA) is 74.8 Å². The first kappa shape index (κ1) is 28.1. The minimum atomic E-state index is -1.65. The summed E-state index contributed by atoms with van der Waals surface area (Å²) in [6.07, 6.45) is 0.00406. The summed E-state index contributed by atoms with van der Waals surface area (Å²) < 4.78 is 0. The molecular formula is C33H20Cl4N2O4. The van der Waals surface area contributed by atoms with Crippen molar-refractivity contribution >= 4 is 81.4 Å². The van der Waals surface area contributed by atoms with Crippen LogP contribution in [0.2, 0.25) is 20.1 Å². The van der Waals surface area contributed by atoms with Crippen LogP contribution in [0.4, 0.5) is 11.4 Å². The smallest absolute Gasteiger partial charge is 0.242 e. The van der Waals surface area contributed by atoms with Crippen LogP contribution in [0.15, 0.2) is 91.0 Å². The van der Waals surface area contributed by atoms with Crippen LogP contribution in [0.3, 0.4) is 0 Å². The van der Waals surface area contributed by atoms with Gasteiger partial charge in [0.15, 0.2) is 0 Å². The Morgan fingerprint density at radius 1 is 0.558 bits per heavy atom. The van der Waals surface area contributed by atoms with E-state index in [1.54, 1.807) is 91.0 Å². The maximum Gasteiger partial charge on any atom is 0.242 e. The third kappa shape index (κ3) is 4.15. The van der Waals surface area contributed by atoms with Gasteiger partial charge in [-0.15, -0.1) is 0 Å². The molecule has 4 amide bonds. The molecule has 0 unspecified atom stereocenters. The molecule has 4 aromatic rings. The molecular weight excluding hydrogens is 630 g/mol. The van der Waals surface area contributed by atoms with Crippen molar-refractivity contribution in [2.24, 2.45) is 11.3 Å². The normalized spacial score (nSPS) is 24.3. The summed E-state index contributed by atoms with van der Waals surface area (Å²) in [4.78, 5) is 60.5. The van der Waals surface area contributed by atoms with E-state index in [9.17, 15) is 19.2 Å². The van der Waals surface area contributed by atoms with E-state index in [1.165, 1.54) is 0 Å². The molecule has 0 saturated carbocycles. The molecule has 43 heavy (non-hydrogen) atoms. The van der Waals surface area contributed by atoms with Gasteiger partial charge in [-0.25, -0.2) is 9.80 Å². The number of hydrogen-bond donors (Lipinski definition) is 0. The van der Waals surface area contributed by atoms with E-state index in [-0.39, 0.29) is 6.42 Å². The SMILES string of the molecule is O=C1[C@@H]2c3ccc(Cl)cc3[C@@H]3C(=O)N(c4ccc(Cl)cc4)C(=O)[C@@]3(Cc3ccc(Cl)cc3)[C@H]2C(=O)N1c1ccc(Cl)cc1. The van der Waals surface area contributed by atoms with Crippen LogP contribution in [0, 0.1) is 11.3 Å². The summed E-state index contributed by atoms with van der Waals surface area (Å²) in [6.45, 7) is 0. The molecule has 4 aromatic carbocycles. The van der Waals surface area contributed by atoms with Gasteiger partial charge in [-0.3, -0.25) is 19.2 Å². The lowest BCUT2D eigenvalue weighted by Crippen LogP contribution is -2.51. The van der Waals surface area contributed by atoms with Crippen LogP contribution in [0.1, 0.15) is 28.5 Å². The molecule has 2 heterocycles. The van der Waals surface area contributed by atoms with Gasteiger partial charge in [0, 0.05) is 20.1 Å². The molecule has 0 aromatic heterocycles. The molecule has 2 aliphatic heterocycles. The number of benzene rings is 4. The number of rotatable bonds is 4. The molecule has 214 valence electrons. The van der Waals surface area contributed by atoms with Crippen LogP contribution >= 0.6 is 46.4 Å². The maximum absolute atomic E-state index is 14.9. The number of amides is 4. The highest BCUT2D eigenvalue weighted by molar-refractivity contribution is 6.34. The Hall–Kier alpha value is -3.68. The fourth-order valence-electron chi connectivity index (χ4n) is 6.99. The number of anilines is 2. The van der Waals surface area contributed by atoms with Gasteiger partial charge in [0.1, 0.15) is 0 Å². The highest BCUT2D eigenvalue weighted by Gasteiger charge is 2.73. The molecule has 4 atom stereocenters. The van der Waals surface area contributed by atoms with E-state index in [1.807, 2.05) is 0 Å². The summed E-state index contributed by atoms with van der Waals surface area (Å²) >= 11 is 24.9. The number of carbonyl (C=O) groups is 4. The van der Waals surface area contributed by atoms with E-state index in [0.29, 0.717) is 48.2 Å². The van der Waals surface area contributed by atoms with Crippen LogP contribution < -0.4 is 9.80 Å². The van der Waals surface area contributed by atoms with E-state index in [4.69, 9.17) is 46.4 Å². The predicted octanol–water partition coefficient (Wildman–Crippen LogP) is 7.47. The summed E-state index contributed by atoms with van der Waals surface area (Å²) in [5.41, 5.74) is 0.630. The van der Waals surface area contributed by atoms with Crippen molar-refractivity contribution in [1.29, 1.82) is 0 Å². The second kappa shape index (κ2) is 10.2. The molecule has 2 fully saturated rings. The van der Waals surface area contributed by atoms with Crippen LogP contribution in [0.25, 0.3) is 0 Å². The van der Waals surface area contributed by atoms with Gasteiger partial charge in [-0.2, -0.15) is 0 Å². The molecule has 10 heteroatoms. The average molecular weight is 650 g/mol. The monoisotopic (exact) mass is 648 g/mol. The van der Waals surface area contributed by atoms with Gasteiger partial charge in [0.2, 0.25) is 23.6 Å². The fourth-order valence-corrected chi connectivity index (χ4v) is 7.55. The first-order valence-corrected chi connectivity index (χ1v) is 14.9. The Morgan fingerprint density at radius 3 is 1.65 bits per heavy atom. The second-order valence-corrected chi connectivity index (χ2v) is 12.7. The number of hydrogen-bond acceptors (Lipinski definition) is 4. The fraction of sp³-hybridized carbons (Fsp3) is 0.152. The molecule has 0 radical (unpaired) electrons. The van der Waals surface area contributed by atoms with E-state index < -0.39 is 46.8 Å². The third-order valence-corrected chi connectivity index (χ3v) is 9.71. The lowest BCUT2D eigenvalue weighted by Gasteiger charge is -2.43. The molecule has 0 N–H and O–H groups in total. The Labute approximate surface area is 266 Å². The van der Waals surface area contributed by atoms with Crippen molar-refractivity contribution in [3.8, 4) is 0 Å². The van der Waals surface area contributed by atoms with Crippen LogP contribution in [-0.4, -0.2) is 23.6 Å². The van der Waals surface area contributed by atoms with Gasteiger partial charge in [-0.05, 0) is 95.9 Å². The number of carbonyl (C=O) groups excluding carboxylic acids is 4. The van der Waals surface area contributed by atoms with Crippen molar-refractivity contribution in [1.82, 2.24) is 0 Å². The highest BCUT2D eigenvalue weighted by atomic mass is 35.5. The predicted molar refractivity (Wildman–Crippen MR) is 166 cm³/mol. The molecule has 3 aliphatic rings. The molecule has 7 rings (SSSR count). The third-order valence-electron chi connectivity index (χ3n) is 8.72. The Bertz CT molecular complexity index is 1840. The lowest BCUT2D eigenvalue weighted by atomic mass is 9.54. The largest absolute Gasteiger partial charge is 0.274 e. The zero-order valence-corrected chi connectivity index (χ0v) is 25.2. The average Bonchev–Trinajstić information content (AvgIpc) is 3.38. The van der Waals surface area contributed by atoms with Crippen molar-refractivity contribution in [3.05, 3.63) is 128 Å². The summed E-state index contributed by atoms with van der Waals surface area (Å²) in [6, 6.07) is 24.5. The number of imide groups is 2. The van der Waals surface area contributed by atoms with E-state index in [2.05, 4.69) is 0 Å². The Morgan fingerprint density at radius 2 is 1.07 bits per heavy atom. The minimum Gasteiger partial charge on any atom is -0.274 e. The minimum absolute atomic E-state index is 0.00406. The molecule has 2 saturated heterocycles. The molecule has 6 nitrogen and oxygen atoms in total. The Balaban J connectivity index is 1.50. The lowest BCUT2D eigenvalue weighted by molar-refractivity contribution is -0.138. The number of halogens is 4. The maximum atomic E-state index is 14.9. The van der Waals surface area contributed by atoms with Gasteiger partial charge < -0.3 is 0 Å². The number of fused-ring (bicyclic) bond motifs is 6. The number of nitrogens with zero attached hydrogens (tertiary/aromatic N) is 2. The van der Waals surface area contributed by atoms with Crippen molar-refractivity contribution in [2.45, 2.75) is 18.3 Å². The summed E-state index contributed by atoms with van der Waals surface area (Å²) in [7, 11) is 0. The molecule has 0 spiro atoms. The summed E-state index contributed by atoms with van der Waals surface area (Å²) in [5.74, 6) is -5.42. The van der Waals surface area contributed by atoms with Crippen molar-refractivity contribution in [3.63, 3.8) is 0 Å². The molecule has 0 bridgehead atoms. The zero-order valence-electron chi connectivity index (χ0n) is 22.1. The van der Waals surface area contributed by atoms with Crippen molar-refractivity contribution in [2.75, 3.05) is 9.80 Å². The standard InChI is InChI=1S/C33H20Cl4N2O4/c34-18-3-1-17(2-4-18)16-33-27(30(41)39(32(33)43)23-12-7-20(36)8-13-23)25-15-21(37)9-14-24(25)26-28(33)31(42)38(29(26)40)22-10-5-19(35)6-11-22/h1-15,26-28H,16H2/t26-,27-,28-,33-/m1/s1. The molecule has 1 aliphatic carbocycles. The quantitative estimate of drug-likeness (QED) is 0.215.